The van der Waals surface area contributed by atoms with Crippen molar-refractivity contribution in [1.82, 2.24) is 18.3 Å². The molecule has 0 saturated carbocycles. The van der Waals surface area contributed by atoms with E-state index in [0.717, 1.165) is 12.1 Å². The molecule has 19 heteroatoms. The molecule has 0 atom stereocenters. The number of hydrogen-bond acceptors (Lipinski definition) is 8. The monoisotopic (exact) mass is 711 g/mol. The minimum Gasteiger partial charge on any atom is -0.744 e. The summed E-state index contributed by atoms with van der Waals surface area (Å²) in [5.41, 5.74) is 2.33. The summed E-state index contributed by atoms with van der Waals surface area (Å²) in [4.78, 5) is 62.2. The SMILES string of the molecule is Cn1cc(NC=O)cc1C(=O)Nc1cc(C(=O)Nc2cc(C(=O)Nc3cc(C(=O)Nc4cccc(S(=O)(=O)[O-])c4)n(C)c3)n(C)c2)n(C)c1.[Na+]. The fraction of sp³-hybridized carbons (Fsp3) is 0.129. The first-order chi connectivity index (χ1) is 23.1. The first-order valence-electron chi connectivity index (χ1n) is 14.3. The molecule has 1 aromatic carbocycles. The van der Waals surface area contributed by atoms with Gasteiger partial charge in [0.25, 0.3) is 23.6 Å². The van der Waals surface area contributed by atoms with Gasteiger partial charge in [0, 0.05) is 58.7 Å². The summed E-state index contributed by atoms with van der Waals surface area (Å²) in [6, 6.07) is 10.8. The largest absolute Gasteiger partial charge is 1.00 e. The van der Waals surface area contributed by atoms with Gasteiger partial charge in [-0.3, -0.25) is 24.0 Å². The third kappa shape index (κ3) is 8.41. The number of hydrogen-bond donors (Lipinski definition) is 5. The van der Waals surface area contributed by atoms with Crippen LogP contribution < -0.4 is 56.1 Å². The van der Waals surface area contributed by atoms with E-state index >= 15 is 0 Å². The molecule has 4 aromatic heterocycles. The van der Waals surface area contributed by atoms with Gasteiger partial charge in [0.15, 0.2) is 0 Å². The Balaban J connectivity index is 0.00000562. The van der Waals surface area contributed by atoms with Gasteiger partial charge in [0.05, 0.1) is 27.6 Å². The van der Waals surface area contributed by atoms with E-state index in [1.54, 1.807) is 51.3 Å². The van der Waals surface area contributed by atoms with Crippen molar-refractivity contribution in [3.8, 4) is 0 Å². The first-order valence-corrected chi connectivity index (χ1v) is 15.7. The second kappa shape index (κ2) is 15.0. The fourth-order valence-electron chi connectivity index (χ4n) is 5.02. The number of benzene rings is 1. The van der Waals surface area contributed by atoms with Crippen molar-refractivity contribution < 1.29 is 66.5 Å². The molecule has 0 aliphatic carbocycles. The number of carbonyl (C=O) groups is 5. The summed E-state index contributed by atoms with van der Waals surface area (Å²) in [5, 5.41) is 13.2. The molecule has 0 aliphatic rings. The van der Waals surface area contributed by atoms with Crippen LogP contribution in [0, 0.1) is 0 Å². The molecule has 0 saturated heterocycles. The molecule has 5 N–H and O–H groups in total. The third-order valence-corrected chi connectivity index (χ3v) is 8.16. The van der Waals surface area contributed by atoms with E-state index in [1.807, 2.05) is 0 Å². The zero-order valence-corrected chi connectivity index (χ0v) is 30.3. The van der Waals surface area contributed by atoms with Crippen molar-refractivity contribution in [1.29, 1.82) is 0 Å². The molecule has 0 fully saturated rings. The number of amides is 5. The number of rotatable bonds is 11. The predicted octanol–water partition coefficient (Wildman–Crippen LogP) is -0.474. The molecule has 5 rings (SSSR count). The molecule has 254 valence electrons. The second-order valence-electron chi connectivity index (χ2n) is 11.0. The maximum absolute atomic E-state index is 13.1. The zero-order chi connectivity index (χ0) is 35.6. The predicted molar refractivity (Wildman–Crippen MR) is 178 cm³/mol. The van der Waals surface area contributed by atoms with E-state index < -0.39 is 38.6 Å². The molecule has 0 spiro atoms. The average molecular weight is 712 g/mol. The maximum Gasteiger partial charge on any atom is 1.00 e. The van der Waals surface area contributed by atoms with Crippen LogP contribution in [0.5, 0.6) is 0 Å². The number of nitrogens with zero attached hydrogens (tertiary/aromatic N) is 4. The fourth-order valence-corrected chi connectivity index (χ4v) is 5.54. The quantitative estimate of drug-likeness (QED) is 0.0683. The summed E-state index contributed by atoms with van der Waals surface area (Å²) < 4.78 is 40.0. The Kier molecular flexibility index (Phi) is 11.2. The summed E-state index contributed by atoms with van der Waals surface area (Å²) in [6.45, 7) is 0. The molecule has 17 nitrogen and oxygen atoms in total. The smallest absolute Gasteiger partial charge is 0.744 e. The summed E-state index contributed by atoms with van der Waals surface area (Å²) in [6.07, 6.45) is 6.69. The van der Waals surface area contributed by atoms with Crippen LogP contribution in [0.2, 0.25) is 0 Å². The topological polar surface area (TPSA) is 222 Å². The van der Waals surface area contributed by atoms with Crippen LogP contribution in [0.25, 0.3) is 0 Å². The van der Waals surface area contributed by atoms with E-state index in [-0.39, 0.29) is 63.7 Å². The Morgan fingerprint density at radius 3 is 1.28 bits per heavy atom. The maximum atomic E-state index is 13.1. The summed E-state index contributed by atoms with van der Waals surface area (Å²) >= 11 is 0. The normalized spacial score (nSPS) is 10.9. The first kappa shape index (κ1) is 37.4. The van der Waals surface area contributed by atoms with Gasteiger partial charge in [-0.05, 0) is 42.5 Å². The Morgan fingerprint density at radius 1 is 0.580 bits per heavy atom. The van der Waals surface area contributed by atoms with Crippen LogP contribution in [0.3, 0.4) is 0 Å². The number of aromatic nitrogens is 4. The molecule has 5 amide bonds. The average Bonchev–Trinajstić information content (AvgIpc) is 3.78. The van der Waals surface area contributed by atoms with Gasteiger partial charge in [0.1, 0.15) is 32.9 Å². The minimum atomic E-state index is -4.71. The minimum absolute atomic E-state index is 0. The molecule has 4 heterocycles. The molecule has 0 radical (unpaired) electrons. The Morgan fingerprint density at radius 2 is 0.920 bits per heavy atom. The number of carbonyl (C=O) groups excluding carboxylic acids is 5. The van der Waals surface area contributed by atoms with Gasteiger partial charge >= 0.3 is 29.6 Å². The van der Waals surface area contributed by atoms with E-state index in [1.165, 1.54) is 56.3 Å². The van der Waals surface area contributed by atoms with Gasteiger partial charge < -0.3 is 49.4 Å². The van der Waals surface area contributed by atoms with Gasteiger partial charge in [0.2, 0.25) is 6.41 Å². The van der Waals surface area contributed by atoms with E-state index in [4.69, 9.17) is 0 Å². The third-order valence-electron chi connectivity index (χ3n) is 7.33. The Bertz CT molecular complexity index is 2250. The van der Waals surface area contributed by atoms with E-state index in [0.29, 0.717) is 23.5 Å². The van der Waals surface area contributed by atoms with Crippen molar-refractivity contribution in [2.24, 2.45) is 28.2 Å². The molecule has 0 bridgehead atoms. The standard InChI is InChI=1S/C31H31N9O8S.Na/c1-37-13-19(32-17-41)9-24(37)29(43)34-21-11-26(39(3)15-21)31(45)36-22-12-27(40(4)16-22)30(44)35-20-10-25(38(2)14-20)28(42)33-18-6-5-7-23(8-18)49(46,47)48;/h5-17H,1-4H3,(H,32,41)(H,33,42)(H,34,43)(H,35,44)(H,36,45)(H,46,47,48);/q;+1/p-1. The number of anilines is 5. The van der Waals surface area contributed by atoms with Gasteiger partial charge in [-0.25, -0.2) is 8.42 Å². The molecular weight excluding hydrogens is 681 g/mol. The zero-order valence-electron chi connectivity index (χ0n) is 27.5. The molecular formula is C31H30N9NaO8S. The van der Waals surface area contributed by atoms with Crippen molar-refractivity contribution in [3.05, 3.63) is 96.1 Å². The van der Waals surface area contributed by atoms with Crippen molar-refractivity contribution >= 4 is 68.6 Å². The van der Waals surface area contributed by atoms with E-state index in [9.17, 15) is 36.9 Å². The van der Waals surface area contributed by atoms with Crippen LogP contribution in [-0.2, 0) is 43.1 Å². The van der Waals surface area contributed by atoms with Crippen molar-refractivity contribution in [3.63, 3.8) is 0 Å². The summed E-state index contributed by atoms with van der Waals surface area (Å²) in [5.74, 6) is -2.11. The summed E-state index contributed by atoms with van der Waals surface area (Å²) in [7, 11) is 1.75. The van der Waals surface area contributed by atoms with Crippen LogP contribution >= 0.6 is 0 Å². The van der Waals surface area contributed by atoms with Gasteiger partial charge in [-0.1, -0.05) is 6.07 Å². The van der Waals surface area contributed by atoms with Gasteiger partial charge in [-0.15, -0.1) is 0 Å². The Labute approximate surface area is 307 Å². The van der Waals surface area contributed by atoms with Crippen LogP contribution in [0.4, 0.5) is 28.4 Å². The van der Waals surface area contributed by atoms with Crippen LogP contribution in [-0.4, -0.2) is 61.3 Å². The van der Waals surface area contributed by atoms with Crippen molar-refractivity contribution in [2.75, 3.05) is 26.6 Å². The molecule has 5 aromatic rings. The number of nitrogens with one attached hydrogen (secondary N) is 5. The Hall–Kier alpha value is -5.40. The molecule has 0 unspecified atom stereocenters. The van der Waals surface area contributed by atoms with Crippen molar-refractivity contribution in [2.45, 2.75) is 4.90 Å². The van der Waals surface area contributed by atoms with Crippen LogP contribution in [0.1, 0.15) is 42.0 Å². The molecule has 50 heavy (non-hydrogen) atoms. The number of aryl methyl sites for hydroxylation is 4. The second-order valence-corrected chi connectivity index (χ2v) is 12.3. The van der Waals surface area contributed by atoms with Gasteiger partial charge in [-0.2, -0.15) is 0 Å². The molecule has 0 aliphatic heterocycles. The van der Waals surface area contributed by atoms with E-state index in [2.05, 4.69) is 26.6 Å². The van der Waals surface area contributed by atoms with Crippen LogP contribution in [0.15, 0.2) is 78.2 Å².